The molecule has 164 valence electrons. The molecule has 0 spiro atoms. The van der Waals surface area contributed by atoms with Crippen LogP contribution in [-0.2, 0) is 21.4 Å². The van der Waals surface area contributed by atoms with Crippen molar-refractivity contribution >= 4 is 16.0 Å². The van der Waals surface area contributed by atoms with Crippen molar-refractivity contribution in [3.05, 3.63) is 64.2 Å². The number of hydrogen-bond donors (Lipinski definition) is 0. The van der Waals surface area contributed by atoms with E-state index in [4.69, 9.17) is 0 Å². The van der Waals surface area contributed by atoms with Crippen molar-refractivity contribution in [2.45, 2.75) is 25.3 Å². The van der Waals surface area contributed by atoms with Crippen LogP contribution in [-0.4, -0.2) is 31.8 Å². The van der Waals surface area contributed by atoms with Gasteiger partial charge in [-0.3, -0.25) is 0 Å². The van der Waals surface area contributed by atoms with Gasteiger partial charge in [-0.15, -0.1) is 0 Å². The Morgan fingerprint density at radius 2 is 1.40 bits per heavy atom. The Bertz CT molecular complexity index is 1060. The van der Waals surface area contributed by atoms with Gasteiger partial charge < -0.3 is 4.74 Å². The first-order valence-electron chi connectivity index (χ1n) is 8.44. The molecule has 12 heteroatoms. The maximum absolute atomic E-state index is 14.0. The van der Waals surface area contributed by atoms with Crippen LogP contribution >= 0.6 is 0 Å². The summed E-state index contributed by atoms with van der Waals surface area (Å²) in [6.07, 6.45) is 0. The van der Waals surface area contributed by atoms with Crippen LogP contribution in [0, 0.1) is 34.9 Å². The van der Waals surface area contributed by atoms with E-state index in [1.807, 2.05) is 0 Å². The van der Waals surface area contributed by atoms with Gasteiger partial charge >= 0.3 is 5.97 Å². The predicted molar refractivity (Wildman–Crippen MR) is 91.9 cm³/mol. The molecule has 0 radical (unpaired) electrons. The van der Waals surface area contributed by atoms with E-state index in [9.17, 15) is 39.6 Å². The standard InChI is InChI=1S/C18H15F6NO4S/c1-3-25(4-2)30(27,28)9-5-6-12(19)10(7-9)18(26)29-8-11-13(20)15(22)17(24)16(23)14(11)21/h5-7H,3-4,8H2,1-2H3. The molecular weight excluding hydrogens is 440 g/mol. The van der Waals surface area contributed by atoms with Gasteiger partial charge in [-0.05, 0) is 18.2 Å². The summed E-state index contributed by atoms with van der Waals surface area (Å²) < 4.78 is 111. The maximum atomic E-state index is 14.0. The van der Waals surface area contributed by atoms with Gasteiger partial charge in [-0.2, -0.15) is 4.31 Å². The van der Waals surface area contributed by atoms with Crippen molar-refractivity contribution in [3.8, 4) is 0 Å². The van der Waals surface area contributed by atoms with Crippen molar-refractivity contribution in [2.24, 2.45) is 0 Å². The number of rotatable bonds is 7. The monoisotopic (exact) mass is 455 g/mol. The van der Waals surface area contributed by atoms with Crippen molar-refractivity contribution in [3.63, 3.8) is 0 Å². The Balaban J connectivity index is 2.36. The lowest BCUT2D eigenvalue weighted by molar-refractivity contribution is 0.0456. The molecule has 0 saturated carbocycles. The van der Waals surface area contributed by atoms with E-state index in [-0.39, 0.29) is 13.1 Å². The highest BCUT2D eigenvalue weighted by Crippen LogP contribution is 2.25. The summed E-state index contributed by atoms with van der Waals surface area (Å²) >= 11 is 0. The second-order valence-corrected chi connectivity index (χ2v) is 7.79. The second-order valence-electron chi connectivity index (χ2n) is 5.86. The van der Waals surface area contributed by atoms with E-state index < -0.39 is 73.5 Å². The van der Waals surface area contributed by atoms with Gasteiger partial charge in [0, 0.05) is 13.1 Å². The Morgan fingerprint density at radius 3 is 1.90 bits per heavy atom. The Morgan fingerprint density at radius 1 is 0.900 bits per heavy atom. The highest BCUT2D eigenvalue weighted by atomic mass is 32.2. The van der Waals surface area contributed by atoms with Crippen LogP contribution < -0.4 is 0 Å². The molecule has 0 N–H and O–H groups in total. The Kier molecular flexibility index (Phi) is 7.14. The summed E-state index contributed by atoms with van der Waals surface area (Å²) in [6, 6.07) is 2.24. The number of benzene rings is 2. The lowest BCUT2D eigenvalue weighted by atomic mass is 10.1. The molecular formula is C18H15F6NO4S. The molecule has 0 saturated heterocycles. The van der Waals surface area contributed by atoms with E-state index in [1.165, 1.54) is 0 Å². The third-order valence-corrected chi connectivity index (χ3v) is 6.20. The van der Waals surface area contributed by atoms with Gasteiger partial charge in [0.15, 0.2) is 23.3 Å². The number of hydrogen-bond acceptors (Lipinski definition) is 4. The predicted octanol–water partition coefficient (Wildman–Crippen LogP) is 3.91. The highest BCUT2D eigenvalue weighted by Gasteiger charge is 2.28. The molecule has 5 nitrogen and oxygen atoms in total. The highest BCUT2D eigenvalue weighted by molar-refractivity contribution is 7.89. The Labute approximate surface area is 167 Å². The van der Waals surface area contributed by atoms with E-state index in [1.54, 1.807) is 13.8 Å². The molecule has 30 heavy (non-hydrogen) atoms. The first-order chi connectivity index (χ1) is 14.0. The Hall–Kier alpha value is -2.60. The van der Waals surface area contributed by atoms with Gasteiger partial charge in [-0.25, -0.2) is 39.6 Å². The van der Waals surface area contributed by atoms with Gasteiger partial charge in [0.25, 0.3) is 0 Å². The maximum Gasteiger partial charge on any atom is 0.341 e. The molecule has 0 atom stereocenters. The summed E-state index contributed by atoms with van der Waals surface area (Å²) in [7, 11) is -4.07. The van der Waals surface area contributed by atoms with Crippen LogP contribution in [0.3, 0.4) is 0 Å². The number of ether oxygens (including phenoxy) is 1. The molecule has 2 rings (SSSR count). The minimum Gasteiger partial charge on any atom is -0.457 e. The molecule has 2 aromatic carbocycles. The molecule has 0 aliphatic heterocycles. The zero-order chi connectivity index (χ0) is 22.8. The largest absolute Gasteiger partial charge is 0.457 e. The molecule has 0 heterocycles. The van der Waals surface area contributed by atoms with Gasteiger partial charge in [-0.1, -0.05) is 13.8 Å². The van der Waals surface area contributed by atoms with Gasteiger partial charge in [0.2, 0.25) is 15.8 Å². The number of esters is 1. The quantitative estimate of drug-likeness (QED) is 0.275. The first-order valence-corrected chi connectivity index (χ1v) is 9.88. The van der Waals surface area contributed by atoms with Crippen LogP contribution in [0.4, 0.5) is 26.3 Å². The average molecular weight is 455 g/mol. The molecule has 0 bridgehead atoms. The third kappa shape index (κ3) is 4.29. The van der Waals surface area contributed by atoms with Crippen LogP contribution in [0.25, 0.3) is 0 Å². The van der Waals surface area contributed by atoms with Crippen LogP contribution in [0.15, 0.2) is 23.1 Å². The number of nitrogens with zero attached hydrogens (tertiary/aromatic N) is 1. The number of carbonyl (C=O) groups excluding carboxylic acids is 1. The molecule has 0 amide bonds. The lowest BCUT2D eigenvalue weighted by Crippen LogP contribution is -2.30. The SMILES string of the molecule is CCN(CC)S(=O)(=O)c1ccc(F)c(C(=O)OCc2c(F)c(F)c(F)c(F)c2F)c1. The zero-order valence-corrected chi connectivity index (χ0v) is 16.4. The van der Waals surface area contributed by atoms with E-state index in [0.29, 0.717) is 12.1 Å². The zero-order valence-electron chi connectivity index (χ0n) is 15.6. The van der Waals surface area contributed by atoms with Crippen molar-refractivity contribution in [1.29, 1.82) is 0 Å². The fourth-order valence-corrected chi connectivity index (χ4v) is 4.01. The van der Waals surface area contributed by atoms with Gasteiger partial charge in [0.1, 0.15) is 12.4 Å². The first kappa shape index (κ1) is 23.7. The summed E-state index contributed by atoms with van der Waals surface area (Å²) in [6.45, 7) is 1.90. The third-order valence-electron chi connectivity index (χ3n) is 4.15. The average Bonchev–Trinajstić information content (AvgIpc) is 2.71. The fraction of sp³-hybridized carbons (Fsp3) is 0.278. The molecule has 0 aliphatic rings. The number of carbonyl (C=O) groups is 1. The molecule has 0 aromatic heterocycles. The minimum atomic E-state index is -4.07. The van der Waals surface area contributed by atoms with Crippen molar-refractivity contribution in [1.82, 2.24) is 4.31 Å². The van der Waals surface area contributed by atoms with E-state index in [0.717, 1.165) is 10.4 Å². The second kappa shape index (κ2) is 9.04. The van der Waals surface area contributed by atoms with Crippen molar-refractivity contribution < 1.29 is 44.3 Å². The van der Waals surface area contributed by atoms with Crippen LogP contribution in [0.1, 0.15) is 29.8 Å². The normalized spacial score (nSPS) is 11.8. The topological polar surface area (TPSA) is 63.7 Å². The van der Waals surface area contributed by atoms with E-state index in [2.05, 4.69) is 4.74 Å². The summed E-state index contributed by atoms with van der Waals surface area (Å²) in [5.41, 5.74) is -2.33. The van der Waals surface area contributed by atoms with E-state index >= 15 is 0 Å². The fourth-order valence-electron chi connectivity index (χ4n) is 2.53. The minimum absolute atomic E-state index is 0.0935. The van der Waals surface area contributed by atoms with Crippen LogP contribution in [0.2, 0.25) is 0 Å². The summed E-state index contributed by atoms with van der Waals surface area (Å²) in [5, 5.41) is 0. The molecule has 2 aromatic rings. The summed E-state index contributed by atoms with van der Waals surface area (Å²) in [4.78, 5) is 11.7. The summed E-state index contributed by atoms with van der Waals surface area (Å²) in [5.74, 6) is -14.1. The lowest BCUT2D eigenvalue weighted by Gasteiger charge is -2.18. The smallest absolute Gasteiger partial charge is 0.341 e. The number of halogens is 6. The van der Waals surface area contributed by atoms with Crippen LogP contribution in [0.5, 0.6) is 0 Å². The molecule has 0 aliphatic carbocycles. The van der Waals surface area contributed by atoms with Gasteiger partial charge in [0.05, 0.1) is 16.0 Å². The molecule has 0 unspecified atom stereocenters. The number of sulfonamides is 1. The molecule has 0 fully saturated rings. The van der Waals surface area contributed by atoms with Crippen molar-refractivity contribution in [2.75, 3.05) is 13.1 Å².